The maximum Gasteiger partial charge on any atom is 0.0991 e. The Hall–Kier alpha value is -1.37. The first-order chi connectivity index (χ1) is 7.38. The lowest BCUT2D eigenvalue weighted by Crippen LogP contribution is -2.11. The molecule has 0 aliphatic carbocycles. The third kappa shape index (κ3) is 2.79. The van der Waals surface area contributed by atoms with E-state index in [0.717, 1.165) is 18.6 Å². The third-order valence-corrected chi connectivity index (χ3v) is 2.46. The van der Waals surface area contributed by atoms with Crippen LogP contribution in [0.5, 0.6) is 0 Å². The summed E-state index contributed by atoms with van der Waals surface area (Å²) in [5.74, 6) is 0. The van der Waals surface area contributed by atoms with Crippen molar-refractivity contribution in [1.82, 2.24) is 0 Å². The topological polar surface area (TPSA) is 42.2 Å². The van der Waals surface area contributed by atoms with Gasteiger partial charge in [-0.3, -0.25) is 0 Å². The lowest BCUT2D eigenvalue weighted by Gasteiger charge is -2.09. The molecule has 0 spiro atoms. The Morgan fingerprint density at radius 3 is 2.80 bits per heavy atom. The first kappa shape index (κ1) is 10.2. The predicted octanol–water partition coefficient (Wildman–Crippen LogP) is 1.86. The van der Waals surface area contributed by atoms with Crippen molar-refractivity contribution in [3.8, 4) is 6.07 Å². The zero-order valence-electron chi connectivity index (χ0n) is 8.48. The van der Waals surface area contributed by atoms with Crippen LogP contribution in [-0.4, -0.2) is 19.3 Å². The van der Waals surface area contributed by atoms with Gasteiger partial charge in [0, 0.05) is 6.61 Å². The van der Waals surface area contributed by atoms with Crippen molar-refractivity contribution in [2.45, 2.75) is 19.1 Å². The van der Waals surface area contributed by atoms with E-state index in [-0.39, 0.29) is 6.10 Å². The standard InChI is InChI=1S/C12H13NO2/c13-7-10-1-3-11(4-2-10)8-15-12-5-6-14-9-12/h1-4,12H,5-6,8-9H2. The number of benzene rings is 1. The van der Waals surface area contributed by atoms with E-state index in [1.54, 1.807) is 0 Å². The smallest absolute Gasteiger partial charge is 0.0991 e. The first-order valence-corrected chi connectivity index (χ1v) is 5.07. The molecule has 0 radical (unpaired) electrons. The molecule has 1 atom stereocenters. The largest absolute Gasteiger partial charge is 0.379 e. The fourth-order valence-corrected chi connectivity index (χ4v) is 1.53. The second-order valence-corrected chi connectivity index (χ2v) is 3.61. The molecule has 1 aliphatic rings. The van der Waals surface area contributed by atoms with E-state index < -0.39 is 0 Å². The summed E-state index contributed by atoms with van der Waals surface area (Å²) in [5, 5.41) is 8.63. The fourth-order valence-electron chi connectivity index (χ4n) is 1.53. The lowest BCUT2D eigenvalue weighted by atomic mass is 10.1. The Bertz CT molecular complexity index is 347. The van der Waals surface area contributed by atoms with Crippen molar-refractivity contribution in [3.63, 3.8) is 0 Å². The van der Waals surface area contributed by atoms with Gasteiger partial charge in [-0.1, -0.05) is 12.1 Å². The quantitative estimate of drug-likeness (QED) is 0.753. The van der Waals surface area contributed by atoms with Crippen LogP contribution in [0.1, 0.15) is 17.5 Å². The summed E-state index contributed by atoms with van der Waals surface area (Å²) in [6.07, 6.45) is 1.22. The number of hydrogen-bond donors (Lipinski definition) is 0. The zero-order valence-corrected chi connectivity index (χ0v) is 8.48. The highest BCUT2D eigenvalue weighted by Gasteiger charge is 2.15. The second kappa shape index (κ2) is 4.92. The van der Waals surface area contributed by atoms with Crippen LogP contribution < -0.4 is 0 Å². The van der Waals surface area contributed by atoms with Crippen molar-refractivity contribution < 1.29 is 9.47 Å². The Kier molecular flexibility index (Phi) is 3.33. The van der Waals surface area contributed by atoms with Crippen molar-refractivity contribution in [2.75, 3.05) is 13.2 Å². The minimum Gasteiger partial charge on any atom is -0.379 e. The molecule has 15 heavy (non-hydrogen) atoms. The molecule has 0 N–H and O–H groups in total. The van der Waals surface area contributed by atoms with Crippen LogP contribution in [0.4, 0.5) is 0 Å². The highest BCUT2D eigenvalue weighted by Crippen LogP contribution is 2.12. The van der Waals surface area contributed by atoms with Crippen LogP contribution in [0, 0.1) is 11.3 Å². The third-order valence-electron chi connectivity index (χ3n) is 2.46. The van der Waals surface area contributed by atoms with E-state index in [2.05, 4.69) is 6.07 Å². The predicted molar refractivity (Wildman–Crippen MR) is 55.2 cm³/mol. The molecular weight excluding hydrogens is 190 g/mol. The minimum atomic E-state index is 0.237. The van der Waals surface area contributed by atoms with E-state index in [1.807, 2.05) is 24.3 Å². The summed E-state index contributed by atoms with van der Waals surface area (Å²) in [4.78, 5) is 0. The lowest BCUT2D eigenvalue weighted by molar-refractivity contribution is 0.0317. The normalized spacial score (nSPS) is 20.1. The Morgan fingerprint density at radius 1 is 1.40 bits per heavy atom. The van der Waals surface area contributed by atoms with Crippen molar-refractivity contribution in [2.24, 2.45) is 0 Å². The van der Waals surface area contributed by atoms with Gasteiger partial charge in [-0.2, -0.15) is 5.26 Å². The highest BCUT2D eigenvalue weighted by atomic mass is 16.5. The van der Waals surface area contributed by atoms with E-state index >= 15 is 0 Å². The Balaban J connectivity index is 1.85. The summed E-state index contributed by atoms with van der Waals surface area (Å²) in [7, 11) is 0. The summed E-state index contributed by atoms with van der Waals surface area (Å²) < 4.78 is 10.9. The van der Waals surface area contributed by atoms with Gasteiger partial charge in [0.2, 0.25) is 0 Å². The first-order valence-electron chi connectivity index (χ1n) is 5.07. The molecular formula is C12H13NO2. The Labute approximate surface area is 89.2 Å². The molecule has 1 saturated heterocycles. The molecule has 2 rings (SSSR count). The molecule has 1 aliphatic heterocycles. The molecule has 1 aromatic carbocycles. The SMILES string of the molecule is N#Cc1ccc(COC2CCOC2)cc1. The van der Waals surface area contributed by atoms with Crippen LogP contribution in [-0.2, 0) is 16.1 Å². The maximum absolute atomic E-state index is 8.63. The molecule has 0 saturated carbocycles. The van der Waals surface area contributed by atoms with Crippen molar-refractivity contribution in [1.29, 1.82) is 5.26 Å². The van der Waals surface area contributed by atoms with Gasteiger partial charge in [0.15, 0.2) is 0 Å². The summed E-state index contributed by atoms with van der Waals surface area (Å²) in [6.45, 7) is 2.11. The molecule has 0 aromatic heterocycles. The minimum absolute atomic E-state index is 0.237. The van der Waals surface area contributed by atoms with E-state index in [1.165, 1.54) is 0 Å². The highest BCUT2D eigenvalue weighted by molar-refractivity contribution is 5.31. The van der Waals surface area contributed by atoms with Gasteiger partial charge in [0.1, 0.15) is 0 Å². The second-order valence-electron chi connectivity index (χ2n) is 3.61. The van der Waals surface area contributed by atoms with E-state index in [4.69, 9.17) is 14.7 Å². The van der Waals surface area contributed by atoms with E-state index in [9.17, 15) is 0 Å². The average Bonchev–Trinajstić information content (AvgIpc) is 2.80. The van der Waals surface area contributed by atoms with Gasteiger partial charge in [-0.25, -0.2) is 0 Å². The van der Waals surface area contributed by atoms with Crippen LogP contribution in [0.15, 0.2) is 24.3 Å². The molecule has 0 bridgehead atoms. The summed E-state index contributed by atoms with van der Waals surface area (Å²) in [6, 6.07) is 9.56. The average molecular weight is 203 g/mol. The molecule has 1 unspecified atom stereocenters. The number of nitrogens with zero attached hydrogens (tertiary/aromatic N) is 1. The molecule has 3 nitrogen and oxygen atoms in total. The molecule has 3 heteroatoms. The van der Waals surface area contributed by atoms with Crippen molar-refractivity contribution in [3.05, 3.63) is 35.4 Å². The van der Waals surface area contributed by atoms with Gasteiger partial charge in [-0.05, 0) is 24.1 Å². The van der Waals surface area contributed by atoms with Gasteiger partial charge >= 0.3 is 0 Å². The van der Waals surface area contributed by atoms with Crippen LogP contribution in [0.3, 0.4) is 0 Å². The molecule has 78 valence electrons. The fraction of sp³-hybridized carbons (Fsp3) is 0.417. The van der Waals surface area contributed by atoms with E-state index in [0.29, 0.717) is 18.8 Å². The summed E-state index contributed by atoms with van der Waals surface area (Å²) >= 11 is 0. The van der Waals surface area contributed by atoms with Crippen molar-refractivity contribution >= 4 is 0 Å². The molecule has 1 fully saturated rings. The number of ether oxygens (including phenoxy) is 2. The van der Waals surface area contributed by atoms with Gasteiger partial charge in [0.05, 0.1) is 31.0 Å². The number of hydrogen-bond acceptors (Lipinski definition) is 3. The molecule has 0 amide bonds. The van der Waals surface area contributed by atoms with Crippen LogP contribution in [0.2, 0.25) is 0 Å². The van der Waals surface area contributed by atoms with Crippen LogP contribution >= 0.6 is 0 Å². The van der Waals surface area contributed by atoms with Gasteiger partial charge in [0.25, 0.3) is 0 Å². The Morgan fingerprint density at radius 2 is 2.20 bits per heavy atom. The van der Waals surface area contributed by atoms with Crippen LogP contribution in [0.25, 0.3) is 0 Å². The summed E-state index contributed by atoms with van der Waals surface area (Å²) in [5.41, 5.74) is 1.78. The monoisotopic (exact) mass is 203 g/mol. The number of rotatable bonds is 3. The molecule has 1 aromatic rings. The molecule has 1 heterocycles. The zero-order chi connectivity index (χ0) is 10.5. The van der Waals surface area contributed by atoms with Gasteiger partial charge in [-0.15, -0.1) is 0 Å². The van der Waals surface area contributed by atoms with Gasteiger partial charge < -0.3 is 9.47 Å². The number of nitriles is 1. The maximum atomic E-state index is 8.63.